The molecule has 1 amide bonds. The standard InChI is InChI=1S/C20H19N3O3/c1-13-6-5-9-17-22-15(12-23(13)17)11-21-18(24)20(19(25)26)10-16(20)14-7-3-2-4-8-14/h2-9,12,16H,10-11H2,1H3,(H,21,24)(H,25,26). The van der Waals surface area contributed by atoms with Gasteiger partial charge in [0.15, 0.2) is 5.41 Å². The predicted octanol–water partition coefficient (Wildman–Crippen LogP) is 2.52. The largest absolute Gasteiger partial charge is 0.480 e. The number of carboxylic acids is 1. The monoisotopic (exact) mass is 349 g/mol. The van der Waals surface area contributed by atoms with E-state index < -0.39 is 17.3 Å². The van der Waals surface area contributed by atoms with Crippen LogP contribution in [0, 0.1) is 12.3 Å². The van der Waals surface area contributed by atoms with Crippen molar-refractivity contribution in [2.24, 2.45) is 5.41 Å². The van der Waals surface area contributed by atoms with Crippen molar-refractivity contribution in [3.05, 3.63) is 71.7 Å². The van der Waals surface area contributed by atoms with E-state index in [2.05, 4.69) is 10.3 Å². The van der Waals surface area contributed by atoms with Gasteiger partial charge in [-0.05, 0) is 31.0 Å². The number of aliphatic carboxylic acids is 1. The molecule has 0 spiro atoms. The first-order valence-corrected chi connectivity index (χ1v) is 8.52. The van der Waals surface area contributed by atoms with E-state index in [1.165, 1.54) is 0 Å². The van der Waals surface area contributed by atoms with Crippen molar-refractivity contribution in [3.8, 4) is 0 Å². The first-order valence-electron chi connectivity index (χ1n) is 8.52. The van der Waals surface area contributed by atoms with Gasteiger partial charge in [-0.3, -0.25) is 9.59 Å². The van der Waals surface area contributed by atoms with E-state index in [9.17, 15) is 14.7 Å². The summed E-state index contributed by atoms with van der Waals surface area (Å²) in [7, 11) is 0. The lowest BCUT2D eigenvalue weighted by atomic mass is 9.98. The van der Waals surface area contributed by atoms with Crippen LogP contribution in [0.25, 0.3) is 5.65 Å². The van der Waals surface area contributed by atoms with E-state index in [-0.39, 0.29) is 12.5 Å². The molecule has 0 aliphatic heterocycles. The first kappa shape index (κ1) is 16.3. The number of hydrogen-bond acceptors (Lipinski definition) is 3. The zero-order valence-electron chi connectivity index (χ0n) is 14.3. The molecule has 2 unspecified atom stereocenters. The molecular weight excluding hydrogens is 330 g/mol. The molecule has 26 heavy (non-hydrogen) atoms. The molecule has 2 heterocycles. The maximum atomic E-state index is 12.7. The van der Waals surface area contributed by atoms with Crippen LogP contribution >= 0.6 is 0 Å². The van der Waals surface area contributed by atoms with Gasteiger partial charge < -0.3 is 14.8 Å². The smallest absolute Gasteiger partial charge is 0.319 e. The highest BCUT2D eigenvalue weighted by Gasteiger charge is 2.66. The Morgan fingerprint density at radius 3 is 2.69 bits per heavy atom. The number of carbonyl (C=O) groups is 2. The third-order valence-corrected chi connectivity index (χ3v) is 5.13. The third-order valence-electron chi connectivity index (χ3n) is 5.13. The SMILES string of the molecule is Cc1cccc2nc(CNC(=O)C3(C(=O)O)CC3c3ccccc3)cn12. The molecule has 3 aromatic rings. The van der Waals surface area contributed by atoms with Crippen molar-refractivity contribution in [3.63, 3.8) is 0 Å². The van der Waals surface area contributed by atoms with Gasteiger partial charge in [-0.2, -0.15) is 0 Å². The van der Waals surface area contributed by atoms with Gasteiger partial charge >= 0.3 is 5.97 Å². The highest BCUT2D eigenvalue weighted by atomic mass is 16.4. The molecule has 2 atom stereocenters. The number of pyridine rings is 1. The average molecular weight is 349 g/mol. The van der Waals surface area contributed by atoms with E-state index in [4.69, 9.17) is 0 Å². The number of imidazole rings is 1. The van der Waals surface area contributed by atoms with Crippen molar-refractivity contribution >= 4 is 17.5 Å². The zero-order chi connectivity index (χ0) is 18.3. The number of nitrogens with zero attached hydrogens (tertiary/aromatic N) is 2. The Morgan fingerprint density at radius 1 is 1.23 bits per heavy atom. The molecule has 0 bridgehead atoms. The second-order valence-electron chi connectivity index (χ2n) is 6.75. The van der Waals surface area contributed by atoms with Crippen LogP contribution in [0.15, 0.2) is 54.7 Å². The Labute approximate surface area is 150 Å². The number of nitrogens with one attached hydrogen (secondary N) is 1. The number of carbonyl (C=O) groups excluding carboxylic acids is 1. The van der Waals surface area contributed by atoms with Gasteiger partial charge in [0.2, 0.25) is 5.91 Å². The fourth-order valence-electron chi connectivity index (χ4n) is 3.55. The van der Waals surface area contributed by atoms with Crippen molar-refractivity contribution in [1.82, 2.24) is 14.7 Å². The molecule has 1 aromatic carbocycles. The molecule has 4 rings (SSSR count). The lowest BCUT2D eigenvalue weighted by molar-refractivity contribution is -0.149. The summed E-state index contributed by atoms with van der Waals surface area (Å²) in [5.74, 6) is -1.81. The molecule has 2 N–H and O–H groups in total. The maximum absolute atomic E-state index is 12.7. The summed E-state index contributed by atoms with van der Waals surface area (Å²) in [5.41, 5.74) is 2.05. The van der Waals surface area contributed by atoms with E-state index in [1.54, 1.807) is 0 Å². The molecule has 1 saturated carbocycles. The summed E-state index contributed by atoms with van der Waals surface area (Å²) < 4.78 is 1.94. The molecule has 1 aliphatic carbocycles. The minimum atomic E-state index is -1.38. The summed E-state index contributed by atoms with van der Waals surface area (Å²) in [6.07, 6.45) is 2.18. The van der Waals surface area contributed by atoms with E-state index in [0.717, 1.165) is 16.9 Å². The molecule has 6 nitrogen and oxygen atoms in total. The van der Waals surface area contributed by atoms with Crippen LogP contribution in [0.4, 0.5) is 0 Å². The van der Waals surface area contributed by atoms with Crippen LogP contribution in [-0.4, -0.2) is 26.4 Å². The Hall–Kier alpha value is -3.15. The first-order chi connectivity index (χ1) is 12.5. The highest BCUT2D eigenvalue weighted by Crippen LogP contribution is 2.59. The number of carboxylic acid groups (broad SMARTS) is 1. The number of amides is 1. The lowest BCUT2D eigenvalue weighted by Crippen LogP contribution is -2.38. The van der Waals surface area contributed by atoms with E-state index in [1.807, 2.05) is 66.1 Å². The average Bonchev–Trinajstić information content (AvgIpc) is 3.27. The maximum Gasteiger partial charge on any atom is 0.319 e. The van der Waals surface area contributed by atoms with Crippen LogP contribution in [0.2, 0.25) is 0 Å². The van der Waals surface area contributed by atoms with Crippen molar-refractivity contribution in [1.29, 1.82) is 0 Å². The fourth-order valence-corrected chi connectivity index (χ4v) is 3.55. The molecule has 132 valence electrons. The number of fused-ring (bicyclic) bond motifs is 1. The van der Waals surface area contributed by atoms with Crippen LogP contribution in [0.1, 0.15) is 29.3 Å². The van der Waals surface area contributed by atoms with E-state index >= 15 is 0 Å². The number of aromatic nitrogens is 2. The number of aryl methyl sites for hydroxylation is 1. The van der Waals surface area contributed by atoms with Gasteiger partial charge in [-0.1, -0.05) is 36.4 Å². The van der Waals surface area contributed by atoms with Crippen LogP contribution in [-0.2, 0) is 16.1 Å². The van der Waals surface area contributed by atoms with Gasteiger partial charge in [0.1, 0.15) is 5.65 Å². The second kappa shape index (κ2) is 5.98. The predicted molar refractivity (Wildman–Crippen MR) is 95.6 cm³/mol. The minimum Gasteiger partial charge on any atom is -0.480 e. The van der Waals surface area contributed by atoms with Crippen molar-refractivity contribution in [2.75, 3.05) is 0 Å². The molecule has 2 aromatic heterocycles. The summed E-state index contributed by atoms with van der Waals surface area (Å²) in [6.45, 7) is 2.18. The van der Waals surface area contributed by atoms with Gasteiger partial charge in [0.25, 0.3) is 0 Å². The van der Waals surface area contributed by atoms with Gasteiger partial charge in [-0.25, -0.2) is 4.98 Å². The minimum absolute atomic E-state index is 0.205. The normalized spacial score (nSPS) is 21.5. The Bertz CT molecular complexity index is 996. The van der Waals surface area contributed by atoms with Crippen LogP contribution < -0.4 is 5.32 Å². The topological polar surface area (TPSA) is 83.7 Å². The Kier molecular flexibility index (Phi) is 3.76. The van der Waals surface area contributed by atoms with Crippen molar-refractivity contribution in [2.45, 2.75) is 25.8 Å². The number of rotatable bonds is 5. The second-order valence-corrected chi connectivity index (χ2v) is 6.75. The lowest BCUT2D eigenvalue weighted by Gasteiger charge is -2.12. The molecule has 1 fully saturated rings. The van der Waals surface area contributed by atoms with Gasteiger partial charge in [0, 0.05) is 17.8 Å². The fraction of sp³-hybridized carbons (Fsp3) is 0.250. The highest BCUT2D eigenvalue weighted by molar-refractivity contribution is 6.06. The van der Waals surface area contributed by atoms with E-state index in [0.29, 0.717) is 12.1 Å². The van der Waals surface area contributed by atoms with Crippen LogP contribution in [0.5, 0.6) is 0 Å². The van der Waals surface area contributed by atoms with Crippen molar-refractivity contribution < 1.29 is 14.7 Å². The van der Waals surface area contributed by atoms with Gasteiger partial charge in [-0.15, -0.1) is 0 Å². The number of hydrogen-bond donors (Lipinski definition) is 2. The number of benzene rings is 1. The third kappa shape index (κ3) is 2.54. The summed E-state index contributed by atoms with van der Waals surface area (Å²) >= 11 is 0. The Morgan fingerprint density at radius 2 is 2.00 bits per heavy atom. The summed E-state index contributed by atoms with van der Waals surface area (Å²) in [6, 6.07) is 15.1. The Balaban J connectivity index is 1.51. The van der Waals surface area contributed by atoms with Gasteiger partial charge in [0.05, 0.1) is 12.2 Å². The zero-order valence-corrected chi connectivity index (χ0v) is 14.3. The molecule has 1 aliphatic rings. The molecule has 0 saturated heterocycles. The summed E-state index contributed by atoms with van der Waals surface area (Å²) in [4.78, 5) is 29.0. The quantitative estimate of drug-likeness (QED) is 0.693. The molecular formula is C20H19N3O3. The molecule has 6 heteroatoms. The molecule has 0 radical (unpaired) electrons. The summed E-state index contributed by atoms with van der Waals surface area (Å²) in [5, 5.41) is 12.4. The van der Waals surface area contributed by atoms with Crippen LogP contribution in [0.3, 0.4) is 0 Å².